The van der Waals surface area contributed by atoms with Gasteiger partial charge < -0.3 is 10.7 Å². The van der Waals surface area contributed by atoms with Gasteiger partial charge in [0, 0.05) is 6.54 Å². The normalized spacial score (nSPS) is 13.1. The highest BCUT2D eigenvalue weighted by atomic mass is 32.2. The first-order valence-corrected chi connectivity index (χ1v) is 6.75. The van der Waals surface area contributed by atoms with Crippen LogP contribution in [0.3, 0.4) is 0 Å². The lowest BCUT2D eigenvalue weighted by Crippen LogP contribution is -2.39. The first-order valence-electron chi connectivity index (χ1n) is 5.26. The minimum Gasteiger partial charge on any atom is -0.345 e. The van der Waals surface area contributed by atoms with E-state index in [9.17, 15) is 8.42 Å². The van der Waals surface area contributed by atoms with Crippen LogP contribution in [-0.2, 0) is 9.84 Å². The van der Waals surface area contributed by atoms with Gasteiger partial charge in [-0.25, -0.2) is 13.4 Å². The molecule has 1 aromatic carbocycles. The lowest BCUT2D eigenvalue weighted by Gasteiger charge is -2.22. The van der Waals surface area contributed by atoms with E-state index < -0.39 is 14.6 Å². The molecule has 0 fully saturated rings. The van der Waals surface area contributed by atoms with Crippen molar-refractivity contribution in [1.29, 1.82) is 0 Å². The molecule has 0 amide bonds. The molecule has 0 aliphatic rings. The zero-order chi connectivity index (χ0) is 12.7. The van der Waals surface area contributed by atoms with Crippen LogP contribution in [0.2, 0.25) is 0 Å². The van der Waals surface area contributed by atoms with E-state index in [4.69, 9.17) is 5.73 Å². The van der Waals surface area contributed by atoms with Crippen LogP contribution in [0.15, 0.2) is 29.4 Å². The molecule has 0 unspecified atom stereocenters. The van der Waals surface area contributed by atoms with Gasteiger partial charge in [0.15, 0.2) is 9.84 Å². The number of aromatic amines is 1. The summed E-state index contributed by atoms with van der Waals surface area (Å²) in [6, 6.07) is 4.84. The third-order valence-electron chi connectivity index (χ3n) is 2.92. The van der Waals surface area contributed by atoms with Crippen LogP contribution in [0.4, 0.5) is 0 Å². The Morgan fingerprint density at radius 2 is 2.12 bits per heavy atom. The van der Waals surface area contributed by atoms with Gasteiger partial charge in [-0.15, -0.1) is 0 Å². The van der Waals surface area contributed by atoms with Crippen molar-refractivity contribution in [3.63, 3.8) is 0 Å². The molecule has 0 aliphatic carbocycles. The second-order valence-corrected chi connectivity index (χ2v) is 7.13. The highest BCUT2D eigenvalue weighted by Crippen LogP contribution is 2.26. The molecule has 5 nitrogen and oxygen atoms in total. The molecule has 0 aliphatic heterocycles. The first kappa shape index (κ1) is 12.1. The van der Waals surface area contributed by atoms with E-state index >= 15 is 0 Å². The predicted molar refractivity (Wildman–Crippen MR) is 66.4 cm³/mol. The van der Waals surface area contributed by atoms with Crippen molar-refractivity contribution >= 4 is 20.9 Å². The number of imidazole rings is 1. The van der Waals surface area contributed by atoms with E-state index in [1.165, 1.54) is 6.33 Å². The Morgan fingerprint density at radius 3 is 2.76 bits per heavy atom. The molecule has 0 spiro atoms. The van der Waals surface area contributed by atoms with Crippen LogP contribution >= 0.6 is 0 Å². The molecule has 2 aromatic rings. The highest BCUT2D eigenvalue weighted by molar-refractivity contribution is 7.92. The Bertz CT molecular complexity index is 644. The monoisotopic (exact) mass is 253 g/mol. The molecule has 0 saturated carbocycles. The maximum absolute atomic E-state index is 12.3. The minimum absolute atomic E-state index is 0.0797. The van der Waals surface area contributed by atoms with Crippen molar-refractivity contribution in [2.75, 3.05) is 6.54 Å². The second kappa shape index (κ2) is 3.82. The van der Waals surface area contributed by atoms with Crippen molar-refractivity contribution in [2.45, 2.75) is 23.5 Å². The number of nitrogens with two attached hydrogens (primary N) is 1. The summed E-state index contributed by atoms with van der Waals surface area (Å²) in [5.74, 6) is 0. The van der Waals surface area contributed by atoms with Gasteiger partial charge >= 0.3 is 0 Å². The van der Waals surface area contributed by atoms with Crippen molar-refractivity contribution in [3.05, 3.63) is 24.5 Å². The molecule has 0 bridgehead atoms. The third kappa shape index (κ3) is 1.83. The van der Waals surface area contributed by atoms with Crippen molar-refractivity contribution in [1.82, 2.24) is 9.97 Å². The van der Waals surface area contributed by atoms with Gasteiger partial charge in [0.1, 0.15) is 0 Å². The van der Waals surface area contributed by atoms with Gasteiger partial charge in [-0.1, -0.05) is 0 Å². The second-order valence-electron chi connectivity index (χ2n) is 4.55. The predicted octanol–water partition coefficient (Wildman–Crippen LogP) is 1.07. The molecule has 0 saturated heterocycles. The summed E-state index contributed by atoms with van der Waals surface area (Å²) in [5.41, 5.74) is 6.98. The summed E-state index contributed by atoms with van der Waals surface area (Å²) in [6.45, 7) is 3.33. The number of nitrogens with zero attached hydrogens (tertiary/aromatic N) is 1. The van der Waals surface area contributed by atoms with Crippen LogP contribution in [0.1, 0.15) is 13.8 Å². The number of hydrogen-bond acceptors (Lipinski definition) is 4. The fourth-order valence-electron chi connectivity index (χ4n) is 1.51. The van der Waals surface area contributed by atoms with E-state index in [2.05, 4.69) is 9.97 Å². The van der Waals surface area contributed by atoms with Crippen LogP contribution in [0, 0.1) is 0 Å². The van der Waals surface area contributed by atoms with Gasteiger partial charge in [-0.2, -0.15) is 0 Å². The Balaban J connectivity index is 2.60. The molecule has 17 heavy (non-hydrogen) atoms. The first-order chi connectivity index (χ1) is 7.88. The number of nitrogens with one attached hydrogen (secondary N) is 1. The maximum atomic E-state index is 12.3. The number of hydrogen-bond donors (Lipinski definition) is 2. The van der Waals surface area contributed by atoms with Gasteiger partial charge in [0.05, 0.1) is 27.0 Å². The summed E-state index contributed by atoms with van der Waals surface area (Å²) in [5, 5.41) is 0. The van der Waals surface area contributed by atoms with Gasteiger partial charge in [0.25, 0.3) is 0 Å². The van der Waals surface area contributed by atoms with Crippen molar-refractivity contribution < 1.29 is 8.42 Å². The van der Waals surface area contributed by atoms with Crippen LogP contribution in [0.25, 0.3) is 11.0 Å². The molecular formula is C11H15N3O2S. The lowest BCUT2D eigenvalue weighted by atomic mass is 10.2. The van der Waals surface area contributed by atoms with Gasteiger partial charge in [0.2, 0.25) is 0 Å². The topological polar surface area (TPSA) is 88.8 Å². The van der Waals surface area contributed by atoms with E-state index in [1.807, 2.05) is 0 Å². The Morgan fingerprint density at radius 1 is 1.41 bits per heavy atom. The number of benzene rings is 1. The number of H-pyrrole nitrogens is 1. The Hall–Kier alpha value is -1.40. The van der Waals surface area contributed by atoms with Crippen LogP contribution < -0.4 is 5.73 Å². The molecule has 1 aromatic heterocycles. The number of sulfone groups is 1. The molecule has 2 rings (SSSR count). The highest BCUT2D eigenvalue weighted by Gasteiger charge is 2.34. The zero-order valence-electron chi connectivity index (χ0n) is 9.77. The van der Waals surface area contributed by atoms with Crippen LogP contribution in [-0.4, -0.2) is 29.7 Å². The molecule has 3 N–H and O–H groups in total. The molecular weight excluding hydrogens is 238 g/mol. The van der Waals surface area contributed by atoms with Gasteiger partial charge in [-0.05, 0) is 32.0 Å². The van der Waals surface area contributed by atoms with Crippen molar-refractivity contribution in [3.8, 4) is 0 Å². The zero-order valence-corrected chi connectivity index (χ0v) is 10.6. The fourth-order valence-corrected chi connectivity index (χ4v) is 2.89. The summed E-state index contributed by atoms with van der Waals surface area (Å²) in [4.78, 5) is 7.21. The molecule has 6 heteroatoms. The number of rotatable bonds is 3. The summed E-state index contributed by atoms with van der Waals surface area (Å²) in [7, 11) is -3.43. The largest absolute Gasteiger partial charge is 0.345 e. The standard InChI is InChI=1S/C11H15N3O2S/c1-11(2,6-12)17(15,16)8-3-4-9-10(5-8)14-7-13-9/h3-5,7H,6,12H2,1-2H3,(H,13,14). The van der Waals surface area contributed by atoms with E-state index in [1.54, 1.807) is 32.0 Å². The van der Waals surface area contributed by atoms with E-state index in [0.29, 0.717) is 5.52 Å². The van der Waals surface area contributed by atoms with E-state index in [0.717, 1.165) is 5.52 Å². The SMILES string of the molecule is CC(C)(CN)S(=O)(=O)c1ccc2nc[nH]c2c1. The summed E-state index contributed by atoms with van der Waals surface area (Å²) in [6.07, 6.45) is 1.54. The fraction of sp³-hybridized carbons (Fsp3) is 0.364. The third-order valence-corrected chi connectivity index (χ3v) is 5.42. The van der Waals surface area contributed by atoms with Crippen LogP contribution in [0.5, 0.6) is 0 Å². The molecule has 0 atom stereocenters. The molecule has 1 heterocycles. The van der Waals surface area contributed by atoms with Crippen molar-refractivity contribution in [2.24, 2.45) is 5.73 Å². The minimum atomic E-state index is -3.43. The van der Waals surface area contributed by atoms with Gasteiger partial charge in [-0.3, -0.25) is 0 Å². The summed E-state index contributed by atoms with van der Waals surface area (Å²) >= 11 is 0. The smallest absolute Gasteiger partial charge is 0.184 e. The maximum Gasteiger partial charge on any atom is 0.184 e. The Labute approximate surface area is 100.0 Å². The Kier molecular flexibility index (Phi) is 2.71. The number of fused-ring (bicyclic) bond motifs is 1. The van der Waals surface area contributed by atoms with E-state index in [-0.39, 0.29) is 11.4 Å². The lowest BCUT2D eigenvalue weighted by molar-refractivity contribution is 0.549. The average Bonchev–Trinajstić information content (AvgIpc) is 2.75. The molecule has 0 radical (unpaired) electrons. The average molecular weight is 253 g/mol. The number of aromatic nitrogens is 2. The summed E-state index contributed by atoms with van der Waals surface area (Å²) < 4.78 is 23.7. The quantitative estimate of drug-likeness (QED) is 0.856. The molecule has 92 valence electrons.